The molecular formula is C28H33NSi. The zero-order valence-corrected chi connectivity index (χ0v) is 19.7. The Labute approximate surface area is 183 Å². The smallest absolute Gasteiger partial charge is 0.129 e. The molecule has 0 bridgehead atoms. The van der Waals surface area contributed by atoms with Gasteiger partial charge in [-0.1, -0.05) is 123 Å². The Morgan fingerprint density at radius 2 is 1.13 bits per heavy atom. The standard InChI is InChI=1S/C28H33NSi/c1-24(27-18-12-7-13-19-27)28(20-21-30(2,3)4)29(22-25-14-8-5-9-15-25)23-26-16-10-6-11-17-26/h5-19,24,28H,22-23H2,1-4H3. The first kappa shape index (κ1) is 22.1. The first-order valence-electron chi connectivity index (χ1n) is 10.8. The molecule has 0 saturated carbocycles. The molecule has 0 amide bonds. The molecular weight excluding hydrogens is 378 g/mol. The van der Waals surface area contributed by atoms with Crippen LogP contribution in [0, 0.1) is 11.5 Å². The van der Waals surface area contributed by atoms with E-state index >= 15 is 0 Å². The Morgan fingerprint density at radius 1 is 0.700 bits per heavy atom. The highest BCUT2D eigenvalue weighted by Gasteiger charge is 2.25. The van der Waals surface area contributed by atoms with Gasteiger partial charge in [0.2, 0.25) is 0 Å². The van der Waals surface area contributed by atoms with Gasteiger partial charge in [-0.2, -0.15) is 0 Å². The second-order valence-corrected chi connectivity index (χ2v) is 13.8. The Hall–Kier alpha value is -2.60. The molecule has 0 fully saturated rings. The van der Waals surface area contributed by atoms with Crippen LogP contribution in [0.2, 0.25) is 19.6 Å². The summed E-state index contributed by atoms with van der Waals surface area (Å²) in [6.45, 7) is 11.1. The summed E-state index contributed by atoms with van der Waals surface area (Å²) < 4.78 is 0. The molecule has 154 valence electrons. The van der Waals surface area contributed by atoms with E-state index in [0.29, 0.717) is 5.92 Å². The number of nitrogens with zero attached hydrogens (tertiary/aromatic N) is 1. The summed E-state index contributed by atoms with van der Waals surface area (Å²) in [5.41, 5.74) is 7.67. The van der Waals surface area contributed by atoms with Gasteiger partial charge >= 0.3 is 0 Å². The molecule has 0 aliphatic heterocycles. The topological polar surface area (TPSA) is 3.24 Å². The Bertz CT molecular complexity index is 908. The van der Waals surface area contributed by atoms with E-state index in [2.05, 4.69) is 134 Å². The van der Waals surface area contributed by atoms with E-state index in [-0.39, 0.29) is 6.04 Å². The summed E-state index contributed by atoms with van der Waals surface area (Å²) in [4.78, 5) is 2.55. The Kier molecular flexibility index (Phi) is 7.68. The van der Waals surface area contributed by atoms with Crippen molar-refractivity contribution < 1.29 is 0 Å². The summed E-state index contributed by atoms with van der Waals surface area (Å²) >= 11 is 0. The minimum atomic E-state index is -1.48. The lowest BCUT2D eigenvalue weighted by atomic mass is 9.92. The largest absolute Gasteiger partial charge is 0.281 e. The molecule has 3 rings (SSSR count). The third-order valence-electron chi connectivity index (χ3n) is 5.24. The lowest BCUT2D eigenvalue weighted by Crippen LogP contribution is -2.37. The number of hydrogen-bond acceptors (Lipinski definition) is 1. The summed E-state index contributed by atoms with van der Waals surface area (Å²) in [6.07, 6.45) is 0. The fourth-order valence-electron chi connectivity index (χ4n) is 3.65. The molecule has 0 saturated heterocycles. The van der Waals surface area contributed by atoms with Gasteiger partial charge in [-0.25, -0.2) is 0 Å². The van der Waals surface area contributed by atoms with E-state index in [1.54, 1.807) is 0 Å². The molecule has 0 radical (unpaired) electrons. The Morgan fingerprint density at radius 3 is 1.57 bits per heavy atom. The van der Waals surface area contributed by atoms with Gasteiger partial charge in [-0.3, -0.25) is 4.90 Å². The lowest BCUT2D eigenvalue weighted by Gasteiger charge is -2.33. The fourth-order valence-corrected chi connectivity index (χ4v) is 4.23. The van der Waals surface area contributed by atoms with Crippen molar-refractivity contribution in [3.05, 3.63) is 108 Å². The van der Waals surface area contributed by atoms with Gasteiger partial charge in [-0.15, -0.1) is 5.54 Å². The number of rotatable bonds is 7. The summed E-state index contributed by atoms with van der Waals surface area (Å²) in [6, 6.07) is 32.5. The second kappa shape index (κ2) is 10.4. The van der Waals surface area contributed by atoms with Gasteiger partial charge in [0.25, 0.3) is 0 Å². The maximum atomic E-state index is 3.74. The average molecular weight is 412 g/mol. The van der Waals surface area contributed by atoms with E-state index in [1.165, 1.54) is 16.7 Å². The molecule has 0 aromatic heterocycles. The molecule has 0 heterocycles. The minimum absolute atomic E-state index is 0.152. The summed E-state index contributed by atoms with van der Waals surface area (Å²) in [5.74, 6) is 4.06. The molecule has 3 aromatic rings. The third kappa shape index (κ3) is 6.73. The SMILES string of the molecule is CC(c1ccccc1)C(C#C[Si](C)(C)C)N(Cc1ccccc1)Cc1ccccc1. The van der Waals surface area contributed by atoms with Crippen molar-refractivity contribution in [1.29, 1.82) is 0 Å². The van der Waals surface area contributed by atoms with Gasteiger partial charge in [0.05, 0.1) is 6.04 Å². The molecule has 0 spiro atoms. The molecule has 0 aliphatic carbocycles. The van der Waals surface area contributed by atoms with Crippen LogP contribution >= 0.6 is 0 Å². The highest BCUT2D eigenvalue weighted by atomic mass is 28.3. The Balaban J connectivity index is 2.00. The first-order valence-corrected chi connectivity index (χ1v) is 14.3. The summed E-state index contributed by atoms with van der Waals surface area (Å²) in [5, 5.41) is 0. The van der Waals surface area contributed by atoms with Crippen LogP contribution in [0.15, 0.2) is 91.0 Å². The first-order chi connectivity index (χ1) is 14.4. The molecule has 3 aromatic carbocycles. The fraction of sp³-hybridized carbons (Fsp3) is 0.286. The van der Waals surface area contributed by atoms with E-state index in [9.17, 15) is 0 Å². The highest BCUT2D eigenvalue weighted by molar-refractivity contribution is 6.83. The van der Waals surface area contributed by atoms with Crippen LogP contribution in [-0.2, 0) is 13.1 Å². The van der Waals surface area contributed by atoms with Crippen molar-refractivity contribution in [3.8, 4) is 11.5 Å². The van der Waals surface area contributed by atoms with Crippen LogP contribution in [0.3, 0.4) is 0 Å². The van der Waals surface area contributed by atoms with E-state index in [1.807, 2.05) is 0 Å². The predicted molar refractivity (Wildman–Crippen MR) is 132 cm³/mol. The zero-order chi connectivity index (χ0) is 21.4. The highest BCUT2D eigenvalue weighted by Crippen LogP contribution is 2.26. The molecule has 0 N–H and O–H groups in total. The van der Waals surface area contributed by atoms with Crippen LogP contribution in [0.25, 0.3) is 0 Å². The van der Waals surface area contributed by atoms with Crippen LogP contribution in [0.5, 0.6) is 0 Å². The van der Waals surface area contributed by atoms with Crippen molar-refractivity contribution in [2.24, 2.45) is 0 Å². The van der Waals surface area contributed by atoms with Crippen LogP contribution in [0.1, 0.15) is 29.5 Å². The van der Waals surface area contributed by atoms with E-state index < -0.39 is 8.07 Å². The average Bonchev–Trinajstić information content (AvgIpc) is 2.75. The number of hydrogen-bond donors (Lipinski definition) is 0. The monoisotopic (exact) mass is 411 g/mol. The van der Waals surface area contributed by atoms with Gasteiger partial charge in [0.1, 0.15) is 8.07 Å². The van der Waals surface area contributed by atoms with Crippen molar-refractivity contribution in [3.63, 3.8) is 0 Å². The maximum absolute atomic E-state index is 3.74. The van der Waals surface area contributed by atoms with Gasteiger partial charge in [-0.05, 0) is 16.7 Å². The second-order valence-electron chi connectivity index (χ2n) is 9.04. The predicted octanol–water partition coefficient (Wildman–Crippen LogP) is 6.74. The number of benzene rings is 3. The van der Waals surface area contributed by atoms with Crippen LogP contribution in [-0.4, -0.2) is 19.0 Å². The zero-order valence-electron chi connectivity index (χ0n) is 18.7. The van der Waals surface area contributed by atoms with Crippen molar-refractivity contribution in [2.45, 2.75) is 51.6 Å². The maximum Gasteiger partial charge on any atom is 0.129 e. The molecule has 30 heavy (non-hydrogen) atoms. The van der Waals surface area contributed by atoms with E-state index in [0.717, 1.165) is 13.1 Å². The quantitative estimate of drug-likeness (QED) is 0.307. The lowest BCUT2D eigenvalue weighted by molar-refractivity contribution is 0.197. The summed E-state index contributed by atoms with van der Waals surface area (Å²) in [7, 11) is -1.48. The van der Waals surface area contributed by atoms with Gasteiger partial charge in [0.15, 0.2) is 0 Å². The molecule has 2 heteroatoms. The molecule has 0 aliphatic rings. The molecule has 1 nitrogen and oxygen atoms in total. The van der Waals surface area contributed by atoms with Crippen LogP contribution in [0.4, 0.5) is 0 Å². The van der Waals surface area contributed by atoms with Crippen molar-refractivity contribution >= 4 is 8.07 Å². The van der Waals surface area contributed by atoms with Crippen molar-refractivity contribution in [1.82, 2.24) is 4.90 Å². The van der Waals surface area contributed by atoms with Gasteiger partial charge < -0.3 is 0 Å². The normalized spacial score (nSPS) is 13.4. The van der Waals surface area contributed by atoms with Gasteiger partial charge in [0, 0.05) is 19.0 Å². The van der Waals surface area contributed by atoms with Crippen molar-refractivity contribution in [2.75, 3.05) is 0 Å². The minimum Gasteiger partial charge on any atom is -0.281 e. The van der Waals surface area contributed by atoms with Crippen LogP contribution < -0.4 is 0 Å². The van der Waals surface area contributed by atoms with E-state index in [4.69, 9.17) is 0 Å². The third-order valence-corrected chi connectivity index (χ3v) is 6.14. The molecule has 2 atom stereocenters. The molecule has 2 unspecified atom stereocenters.